The third-order valence-corrected chi connectivity index (χ3v) is 3.96. The van der Waals surface area contributed by atoms with E-state index >= 15 is 0 Å². The second kappa shape index (κ2) is 5.07. The molecule has 0 aliphatic heterocycles. The molecule has 4 heteroatoms. The van der Waals surface area contributed by atoms with E-state index in [1.807, 2.05) is 66.0 Å². The normalized spacial score (nSPS) is 10.9. The molecular formula is C17H12N2OS. The minimum atomic E-state index is 0.800. The topological polar surface area (TPSA) is 38.1 Å². The van der Waals surface area contributed by atoms with Crippen LogP contribution in [0.5, 0.6) is 0 Å². The summed E-state index contributed by atoms with van der Waals surface area (Å²) >= 11 is 1.57. The van der Waals surface area contributed by atoms with Crippen LogP contribution in [0.2, 0.25) is 0 Å². The first-order chi connectivity index (χ1) is 10.4. The maximum atomic E-state index is 5.83. The molecule has 4 rings (SSSR count). The number of hydrogen-bond donors (Lipinski definition) is 1. The van der Waals surface area contributed by atoms with Crippen LogP contribution in [0.4, 0.5) is 10.8 Å². The van der Waals surface area contributed by atoms with E-state index in [4.69, 9.17) is 4.42 Å². The molecule has 0 aliphatic rings. The van der Waals surface area contributed by atoms with E-state index in [-0.39, 0.29) is 0 Å². The first-order valence-corrected chi connectivity index (χ1v) is 7.53. The molecule has 0 bridgehead atoms. The molecule has 0 aliphatic carbocycles. The monoisotopic (exact) mass is 292 g/mol. The van der Waals surface area contributed by atoms with Gasteiger partial charge in [0.2, 0.25) is 0 Å². The van der Waals surface area contributed by atoms with Crippen molar-refractivity contribution in [1.82, 2.24) is 4.98 Å². The molecule has 0 amide bonds. The van der Waals surface area contributed by atoms with E-state index in [0.29, 0.717) is 0 Å². The van der Waals surface area contributed by atoms with Gasteiger partial charge in [0.1, 0.15) is 11.3 Å². The highest BCUT2D eigenvalue weighted by molar-refractivity contribution is 7.14. The Bertz CT molecular complexity index is 847. The van der Waals surface area contributed by atoms with Gasteiger partial charge in [-0.25, -0.2) is 4.98 Å². The molecule has 2 heterocycles. The lowest BCUT2D eigenvalue weighted by Crippen LogP contribution is -1.88. The van der Waals surface area contributed by atoms with Crippen molar-refractivity contribution in [3.05, 3.63) is 66.0 Å². The van der Waals surface area contributed by atoms with Gasteiger partial charge in [-0.1, -0.05) is 36.4 Å². The van der Waals surface area contributed by atoms with E-state index in [1.165, 1.54) is 0 Å². The van der Waals surface area contributed by atoms with Gasteiger partial charge in [-0.3, -0.25) is 0 Å². The lowest BCUT2D eigenvalue weighted by atomic mass is 10.2. The Balaban J connectivity index is 1.64. The van der Waals surface area contributed by atoms with Gasteiger partial charge in [-0.2, -0.15) is 0 Å². The lowest BCUT2D eigenvalue weighted by Gasteiger charge is -2.00. The smallest absolute Gasteiger partial charge is 0.187 e. The number of nitrogens with one attached hydrogen (secondary N) is 1. The van der Waals surface area contributed by atoms with Gasteiger partial charge in [-0.05, 0) is 24.3 Å². The standard InChI is InChI=1S/C17H12N2OS/c1-2-7-13(8-3-1)18-17-19-14(11-21-17)16-10-12-6-4-5-9-15(12)20-16/h1-11H,(H,18,19). The molecule has 0 radical (unpaired) electrons. The fourth-order valence-electron chi connectivity index (χ4n) is 2.20. The Labute approximate surface area is 125 Å². The predicted octanol–water partition coefficient (Wildman–Crippen LogP) is 5.30. The number of benzene rings is 2. The maximum absolute atomic E-state index is 5.83. The summed E-state index contributed by atoms with van der Waals surface area (Å²) in [5.41, 5.74) is 2.77. The van der Waals surface area contributed by atoms with Crippen molar-refractivity contribution >= 4 is 33.1 Å². The first-order valence-electron chi connectivity index (χ1n) is 6.65. The van der Waals surface area contributed by atoms with Crippen LogP contribution in [0.15, 0.2) is 70.5 Å². The van der Waals surface area contributed by atoms with Gasteiger partial charge in [0.05, 0.1) is 0 Å². The zero-order valence-electron chi connectivity index (χ0n) is 11.1. The Morgan fingerprint density at radius 2 is 1.76 bits per heavy atom. The molecule has 3 nitrogen and oxygen atoms in total. The summed E-state index contributed by atoms with van der Waals surface area (Å²) in [7, 11) is 0. The Hall–Kier alpha value is -2.59. The Morgan fingerprint density at radius 1 is 0.952 bits per heavy atom. The summed E-state index contributed by atoms with van der Waals surface area (Å²) in [6.07, 6.45) is 0. The number of anilines is 2. The number of para-hydroxylation sites is 2. The summed E-state index contributed by atoms with van der Waals surface area (Å²) in [4.78, 5) is 4.58. The van der Waals surface area contributed by atoms with Crippen LogP contribution in [0.3, 0.4) is 0 Å². The summed E-state index contributed by atoms with van der Waals surface area (Å²) in [6.45, 7) is 0. The van der Waals surface area contributed by atoms with Crippen molar-refractivity contribution in [2.75, 3.05) is 5.32 Å². The molecule has 1 N–H and O–H groups in total. The van der Waals surface area contributed by atoms with Gasteiger partial charge in [-0.15, -0.1) is 11.3 Å². The van der Waals surface area contributed by atoms with Crippen molar-refractivity contribution in [2.24, 2.45) is 0 Å². The van der Waals surface area contributed by atoms with Crippen molar-refractivity contribution in [2.45, 2.75) is 0 Å². The Morgan fingerprint density at radius 3 is 2.62 bits per heavy atom. The van der Waals surface area contributed by atoms with E-state index in [2.05, 4.69) is 10.3 Å². The van der Waals surface area contributed by atoms with Crippen molar-refractivity contribution < 1.29 is 4.42 Å². The number of hydrogen-bond acceptors (Lipinski definition) is 4. The number of rotatable bonds is 3. The number of thiazole rings is 1. The predicted molar refractivity (Wildman–Crippen MR) is 87.0 cm³/mol. The molecule has 0 fully saturated rings. The van der Waals surface area contributed by atoms with Crippen LogP contribution in [-0.4, -0.2) is 4.98 Å². The molecular weight excluding hydrogens is 280 g/mol. The number of fused-ring (bicyclic) bond motifs is 1. The minimum absolute atomic E-state index is 0.800. The minimum Gasteiger partial charge on any atom is -0.454 e. The zero-order chi connectivity index (χ0) is 14.1. The Kier molecular flexibility index (Phi) is 2.94. The number of aromatic nitrogens is 1. The number of furan rings is 1. The van der Waals surface area contributed by atoms with Gasteiger partial charge >= 0.3 is 0 Å². The lowest BCUT2D eigenvalue weighted by molar-refractivity contribution is 0.629. The molecule has 0 saturated heterocycles. The third kappa shape index (κ3) is 2.41. The third-order valence-electron chi connectivity index (χ3n) is 3.21. The second-order valence-electron chi connectivity index (χ2n) is 4.68. The van der Waals surface area contributed by atoms with Crippen LogP contribution in [-0.2, 0) is 0 Å². The first kappa shape index (κ1) is 12.2. The zero-order valence-corrected chi connectivity index (χ0v) is 11.9. The average molecular weight is 292 g/mol. The molecule has 2 aromatic carbocycles. The van der Waals surface area contributed by atoms with E-state index in [1.54, 1.807) is 11.3 Å². The second-order valence-corrected chi connectivity index (χ2v) is 5.54. The molecule has 0 spiro atoms. The summed E-state index contributed by atoms with van der Waals surface area (Å²) in [6, 6.07) is 20.0. The molecule has 102 valence electrons. The van der Waals surface area contributed by atoms with Crippen molar-refractivity contribution in [1.29, 1.82) is 0 Å². The van der Waals surface area contributed by atoms with E-state index < -0.39 is 0 Å². The molecule has 0 atom stereocenters. The number of nitrogens with zero attached hydrogens (tertiary/aromatic N) is 1. The molecule has 21 heavy (non-hydrogen) atoms. The van der Waals surface area contributed by atoms with Crippen LogP contribution in [0.1, 0.15) is 0 Å². The average Bonchev–Trinajstić information content (AvgIpc) is 3.14. The molecule has 0 saturated carbocycles. The van der Waals surface area contributed by atoms with E-state index in [9.17, 15) is 0 Å². The molecule has 0 unspecified atom stereocenters. The molecule has 2 aromatic heterocycles. The van der Waals surface area contributed by atoms with Gasteiger partial charge < -0.3 is 9.73 Å². The highest BCUT2D eigenvalue weighted by Gasteiger charge is 2.10. The largest absolute Gasteiger partial charge is 0.454 e. The SMILES string of the molecule is c1ccc(Nc2nc(-c3cc4ccccc4o3)cs2)cc1. The fourth-order valence-corrected chi connectivity index (χ4v) is 2.92. The van der Waals surface area contributed by atoms with Crippen LogP contribution >= 0.6 is 11.3 Å². The summed E-state index contributed by atoms with van der Waals surface area (Å²) in [5.74, 6) is 0.800. The maximum Gasteiger partial charge on any atom is 0.187 e. The van der Waals surface area contributed by atoms with Crippen LogP contribution in [0.25, 0.3) is 22.4 Å². The van der Waals surface area contributed by atoms with E-state index in [0.717, 1.165) is 33.2 Å². The summed E-state index contributed by atoms with van der Waals surface area (Å²) in [5, 5.41) is 7.25. The van der Waals surface area contributed by atoms with Crippen molar-refractivity contribution in [3.63, 3.8) is 0 Å². The van der Waals surface area contributed by atoms with Crippen LogP contribution < -0.4 is 5.32 Å². The summed E-state index contributed by atoms with van der Waals surface area (Å²) < 4.78 is 5.83. The highest BCUT2D eigenvalue weighted by Crippen LogP contribution is 2.31. The van der Waals surface area contributed by atoms with Gasteiger partial charge in [0, 0.05) is 16.5 Å². The van der Waals surface area contributed by atoms with Gasteiger partial charge in [0.25, 0.3) is 0 Å². The fraction of sp³-hybridized carbons (Fsp3) is 0. The molecule has 4 aromatic rings. The van der Waals surface area contributed by atoms with Crippen LogP contribution in [0, 0.1) is 0 Å². The van der Waals surface area contributed by atoms with Crippen molar-refractivity contribution in [3.8, 4) is 11.5 Å². The highest BCUT2D eigenvalue weighted by atomic mass is 32.1. The van der Waals surface area contributed by atoms with Gasteiger partial charge in [0.15, 0.2) is 10.9 Å². The quantitative estimate of drug-likeness (QED) is 0.557.